The molecule has 0 aromatic heterocycles. The topological polar surface area (TPSA) is 50.8 Å². The second kappa shape index (κ2) is 7.82. The highest BCUT2D eigenvalue weighted by atomic mass is 32.2. The van der Waals surface area contributed by atoms with Gasteiger partial charge in [-0.05, 0) is 18.2 Å². The molecule has 0 aliphatic carbocycles. The number of carbonyl (C=O) groups excluding carboxylic acids is 1. The fourth-order valence-electron chi connectivity index (χ4n) is 2.82. The molecular formula is C18H18F2N2O3S. The van der Waals surface area contributed by atoms with Gasteiger partial charge in [-0.25, -0.2) is 13.6 Å². The van der Waals surface area contributed by atoms with Crippen molar-refractivity contribution in [1.29, 1.82) is 0 Å². The normalized spacial score (nSPS) is 16.5. The zero-order valence-electron chi connectivity index (χ0n) is 14.3. The first-order valence-corrected chi connectivity index (χ1v) is 8.95. The van der Waals surface area contributed by atoms with Crippen molar-refractivity contribution >= 4 is 23.5 Å². The zero-order chi connectivity index (χ0) is 18.7. The van der Waals surface area contributed by atoms with E-state index in [0.717, 1.165) is 23.4 Å². The minimum atomic E-state index is -0.819. The number of nitrogens with zero attached hydrogens (tertiary/aromatic N) is 1. The Morgan fingerprint density at radius 3 is 2.73 bits per heavy atom. The fourth-order valence-corrected chi connectivity index (χ4v) is 4.09. The van der Waals surface area contributed by atoms with Crippen molar-refractivity contribution in [1.82, 2.24) is 4.90 Å². The lowest BCUT2D eigenvalue weighted by molar-refractivity contribution is 0.213. The standard InChI is InChI=1S/C18H18F2N2O3S/c1-24-15-5-3-4-12(16(15)25-2)17-22(8-9-26-17)18(23)21-14-7-6-11(19)10-13(14)20/h3-7,10,17H,8-9H2,1-2H3,(H,21,23). The number of methoxy groups -OCH3 is 2. The third-order valence-corrected chi connectivity index (χ3v) is 5.27. The molecule has 0 radical (unpaired) electrons. The summed E-state index contributed by atoms with van der Waals surface area (Å²) >= 11 is 1.57. The molecule has 1 fully saturated rings. The van der Waals surface area contributed by atoms with E-state index in [-0.39, 0.29) is 11.1 Å². The molecule has 1 aliphatic rings. The summed E-state index contributed by atoms with van der Waals surface area (Å²) in [6.45, 7) is 0.490. The van der Waals surface area contributed by atoms with Crippen LogP contribution in [-0.4, -0.2) is 37.4 Å². The summed E-state index contributed by atoms with van der Waals surface area (Å²) in [7, 11) is 3.09. The number of ether oxygens (including phenoxy) is 2. The van der Waals surface area contributed by atoms with Crippen molar-refractivity contribution < 1.29 is 23.0 Å². The van der Waals surface area contributed by atoms with Gasteiger partial charge in [-0.1, -0.05) is 12.1 Å². The lowest BCUT2D eigenvalue weighted by Crippen LogP contribution is -2.34. The van der Waals surface area contributed by atoms with Gasteiger partial charge in [-0.2, -0.15) is 0 Å². The van der Waals surface area contributed by atoms with Gasteiger partial charge < -0.3 is 19.7 Å². The molecule has 0 saturated carbocycles. The lowest BCUT2D eigenvalue weighted by Gasteiger charge is -2.26. The minimum absolute atomic E-state index is 0.0651. The SMILES string of the molecule is COc1cccc(C2SCCN2C(=O)Nc2ccc(F)cc2F)c1OC. The Hall–Kier alpha value is -2.48. The molecule has 2 aromatic rings. The highest BCUT2D eigenvalue weighted by Crippen LogP contribution is 2.45. The van der Waals surface area contributed by atoms with Crippen LogP contribution in [0.1, 0.15) is 10.9 Å². The molecule has 5 nitrogen and oxygen atoms in total. The molecule has 2 aromatic carbocycles. The summed E-state index contributed by atoms with van der Waals surface area (Å²) in [5.41, 5.74) is 0.730. The largest absolute Gasteiger partial charge is 0.493 e. The first-order chi connectivity index (χ1) is 12.5. The summed E-state index contributed by atoms with van der Waals surface area (Å²) in [5.74, 6) is 0.337. The Balaban J connectivity index is 1.85. The molecule has 1 heterocycles. The third-order valence-electron chi connectivity index (χ3n) is 4.02. The monoisotopic (exact) mass is 380 g/mol. The van der Waals surface area contributed by atoms with Crippen LogP contribution in [-0.2, 0) is 0 Å². The molecule has 1 atom stereocenters. The number of halogens is 2. The van der Waals surface area contributed by atoms with E-state index in [9.17, 15) is 13.6 Å². The maximum absolute atomic E-state index is 13.8. The van der Waals surface area contributed by atoms with Gasteiger partial charge >= 0.3 is 6.03 Å². The first kappa shape index (κ1) is 18.3. The van der Waals surface area contributed by atoms with Crippen LogP contribution in [0, 0.1) is 11.6 Å². The van der Waals surface area contributed by atoms with Crippen LogP contribution in [0.25, 0.3) is 0 Å². The molecule has 1 aliphatic heterocycles. The third kappa shape index (κ3) is 3.55. The van der Waals surface area contributed by atoms with Crippen LogP contribution in [0.3, 0.4) is 0 Å². The summed E-state index contributed by atoms with van der Waals surface area (Å²) in [6.07, 6.45) is 0. The first-order valence-electron chi connectivity index (χ1n) is 7.90. The van der Waals surface area contributed by atoms with Gasteiger partial charge in [0.2, 0.25) is 0 Å². The number of carbonyl (C=O) groups is 1. The molecule has 8 heteroatoms. The van der Waals surface area contributed by atoms with Crippen LogP contribution in [0.2, 0.25) is 0 Å². The molecule has 0 bridgehead atoms. The molecular weight excluding hydrogens is 362 g/mol. The predicted octanol–water partition coefficient (Wildman–Crippen LogP) is 4.26. The Kier molecular flexibility index (Phi) is 5.51. The minimum Gasteiger partial charge on any atom is -0.493 e. The average molecular weight is 380 g/mol. The van der Waals surface area contributed by atoms with Crippen molar-refractivity contribution in [3.05, 3.63) is 53.6 Å². The van der Waals surface area contributed by atoms with Crippen molar-refractivity contribution in [2.75, 3.05) is 31.8 Å². The van der Waals surface area contributed by atoms with E-state index >= 15 is 0 Å². The zero-order valence-corrected chi connectivity index (χ0v) is 15.1. The molecule has 0 spiro atoms. The quantitative estimate of drug-likeness (QED) is 0.861. The van der Waals surface area contributed by atoms with Crippen LogP contribution in [0.15, 0.2) is 36.4 Å². The van der Waals surface area contributed by atoms with E-state index in [0.29, 0.717) is 18.0 Å². The Morgan fingerprint density at radius 1 is 1.23 bits per heavy atom. The fraction of sp³-hybridized carbons (Fsp3) is 0.278. The molecule has 1 unspecified atom stereocenters. The van der Waals surface area contributed by atoms with E-state index in [4.69, 9.17) is 9.47 Å². The summed E-state index contributed by atoms with van der Waals surface area (Å²) in [5, 5.41) is 2.20. The number of benzene rings is 2. The van der Waals surface area contributed by atoms with Gasteiger partial charge in [0, 0.05) is 23.9 Å². The second-order valence-electron chi connectivity index (χ2n) is 5.55. The van der Waals surface area contributed by atoms with Gasteiger partial charge in [0.1, 0.15) is 17.0 Å². The Labute approximate surface area is 154 Å². The van der Waals surface area contributed by atoms with Crippen molar-refractivity contribution in [2.45, 2.75) is 5.37 Å². The van der Waals surface area contributed by atoms with Gasteiger partial charge in [-0.3, -0.25) is 0 Å². The molecule has 26 heavy (non-hydrogen) atoms. The number of amides is 2. The van der Waals surface area contributed by atoms with Gasteiger partial charge in [0.05, 0.1) is 19.9 Å². The number of hydrogen-bond donors (Lipinski definition) is 1. The van der Waals surface area contributed by atoms with Crippen molar-refractivity contribution in [2.24, 2.45) is 0 Å². The van der Waals surface area contributed by atoms with Gasteiger partial charge in [0.25, 0.3) is 0 Å². The molecule has 138 valence electrons. The van der Waals surface area contributed by atoms with Gasteiger partial charge in [0.15, 0.2) is 11.5 Å². The number of nitrogens with one attached hydrogen (secondary N) is 1. The van der Waals surface area contributed by atoms with Crippen LogP contribution in [0.5, 0.6) is 11.5 Å². The Bertz CT molecular complexity index is 819. The predicted molar refractivity (Wildman–Crippen MR) is 96.8 cm³/mol. The second-order valence-corrected chi connectivity index (χ2v) is 6.74. The molecule has 1 N–H and O–H groups in total. The van der Waals surface area contributed by atoms with Crippen molar-refractivity contribution in [3.8, 4) is 11.5 Å². The van der Waals surface area contributed by atoms with Crippen molar-refractivity contribution in [3.63, 3.8) is 0 Å². The molecule has 2 amide bonds. The number of urea groups is 1. The van der Waals surface area contributed by atoms with E-state index in [1.165, 1.54) is 6.07 Å². The Morgan fingerprint density at radius 2 is 2.04 bits per heavy atom. The lowest BCUT2D eigenvalue weighted by atomic mass is 10.1. The summed E-state index contributed by atoms with van der Waals surface area (Å²) < 4.78 is 37.6. The van der Waals surface area contributed by atoms with E-state index in [1.807, 2.05) is 12.1 Å². The van der Waals surface area contributed by atoms with E-state index < -0.39 is 17.7 Å². The van der Waals surface area contributed by atoms with Crippen LogP contribution >= 0.6 is 11.8 Å². The average Bonchev–Trinajstić information content (AvgIpc) is 3.12. The number of thioether (sulfide) groups is 1. The van der Waals surface area contributed by atoms with Crippen LogP contribution in [0.4, 0.5) is 19.3 Å². The summed E-state index contributed by atoms with van der Waals surface area (Å²) in [6, 6.07) is 8.04. The maximum atomic E-state index is 13.8. The van der Waals surface area contributed by atoms with E-state index in [1.54, 1.807) is 36.9 Å². The number of para-hydroxylation sites is 1. The number of anilines is 1. The highest BCUT2D eigenvalue weighted by molar-refractivity contribution is 7.99. The molecule has 3 rings (SSSR count). The number of hydrogen-bond acceptors (Lipinski definition) is 4. The van der Waals surface area contributed by atoms with E-state index in [2.05, 4.69) is 5.32 Å². The summed E-state index contributed by atoms with van der Waals surface area (Å²) in [4.78, 5) is 14.2. The maximum Gasteiger partial charge on any atom is 0.323 e. The molecule has 1 saturated heterocycles. The highest BCUT2D eigenvalue weighted by Gasteiger charge is 2.33. The number of rotatable bonds is 4. The van der Waals surface area contributed by atoms with Crippen LogP contribution < -0.4 is 14.8 Å². The smallest absolute Gasteiger partial charge is 0.323 e. The van der Waals surface area contributed by atoms with Gasteiger partial charge in [-0.15, -0.1) is 11.8 Å².